The van der Waals surface area contributed by atoms with E-state index in [4.69, 9.17) is 19.3 Å². The molecule has 2 N–H and O–H groups in total. The number of amides is 1. The van der Waals surface area contributed by atoms with E-state index >= 15 is 0 Å². The summed E-state index contributed by atoms with van der Waals surface area (Å²) in [7, 11) is 0. The summed E-state index contributed by atoms with van der Waals surface area (Å²) in [5.74, 6) is 0.0296. The number of aryl methyl sites for hydroxylation is 1. The number of aromatic carboxylic acids is 1. The third-order valence-electron chi connectivity index (χ3n) is 5.57. The first-order valence-corrected chi connectivity index (χ1v) is 9.45. The fourth-order valence-electron chi connectivity index (χ4n) is 3.81. The van der Waals surface area contributed by atoms with Crippen LogP contribution in [0.3, 0.4) is 0 Å². The number of carboxylic acid groups (broad SMARTS) is 1. The molecule has 0 aliphatic carbocycles. The second kappa shape index (κ2) is 7.71. The molecule has 0 unspecified atom stereocenters. The molecule has 8 nitrogen and oxygen atoms in total. The number of nitrogens with one attached hydrogen (secondary N) is 1. The molecular weight excluding hydrogens is 376 g/mol. The summed E-state index contributed by atoms with van der Waals surface area (Å²) >= 11 is 0. The van der Waals surface area contributed by atoms with Crippen LogP contribution in [0, 0.1) is 6.92 Å². The number of rotatable bonds is 5. The third-order valence-corrected chi connectivity index (χ3v) is 5.57. The van der Waals surface area contributed by atoms with Crippen LogP contribution in [0.5, 0.6) is 11.5 Å². The molecule has 1 amide bonds. The molecule has 4 rings (SSSR count). The maximum atomic E-state index is 12.7. The maximum Gasteiger partial charge on any atom is 0.337 e. The van der Waals surface area contributed by atoms with Crippen LogP contribution in [0.25, 0.3) is 0 Å². The molecule has 0 bridgehead atoms. The molecule has 2 aliphatic heterocycles. The summed E-state index contributed by atoms with van der Waals surface area (Å²) in [4.78, 5) is 28.0. The van der Waals surface area contributed by atoms with E-state index in [9.17, 15) is 9.59 Å². The summed E-state index contributed by atoms with van der Waals surface area (Å²) in [6.45, 7) is 3.41. The topological polar surface area (TPSA) is 107 Å². The zero-order valence-corrected chi connectivity index (χ0v) is 16.1. The predicted molar refractivity (Wildman–Crippen MR) is 103 cm³/mol. The minimum atomic E-state index is -1.06. The van der Waals surface area contributed by atoms with Gasteiger partial charge in [-0.2, -0.15) is 0 Å². The highest BCUT2D eigenvalue weighted by molar-refractivity contribution is 5.94. The molecule has 1 aromatic carbocycles. The van der Waals surface area contributed by atoms with Crippen molar-refractivity contribution in [3.63, 3.8) is 0 Å². The highest BCUT2D eigenvalue weighted by Gasteiger charge is 2.36. The number of ether oxygens (including phenoxy) is 3. The Balaban J connectivity index is 1.54. The molecule has 2 aromatic rings. The molecule has 1 aromatic heterocycles. The largest absolute Gasteiger partial charge is 0.478 e. The number of aromatic nitrogens is 1. The molecule has 152 valence electrons. The zero-order valence-electron chi connectivity index (χ0n) is 16.1. The number of fused-ring (bicyclic) bond motifs is 1. The average Bonchev–Trinajstić information content (AvgIpc) is 3.20. The lowest BCUT2D eigenvalue weighted by Crippen LogP contribution is -2.44. The molecule has 8 heteroatoms. The Morgan fingerprint density at radius 1 is 1.14 bits per heavy atom. The zero-order chi connectivity index (χ0) is 20.4. The van der Waals surface area contributed by atoms with Gasteiger partial charge in [-0.25, -0.2) is 9.78 Å². The second-order valence-corrected chi connectivity index (χ2v) is 7.28. The summed E-state index contributed by atoms with van der Waals surface area (Å²) < 4.78 is 16.5. The Morgan fingerprint density at radius 2 is 1.90 bits per heavy atom. The van der Waals surface area contributed by atoms with Gasteiger partial charge in [0.1, 0.15) is 5.69 Å². The molecule has 2 aliphatic rings. The first-order valence-electron chi connectivity index (χ1n) is 9.45. The minimum Gasteiger partial charge on any atom is -0.478 e. The van der Waals surface area contributed by atoms with Gasteiger partial charge in [0.2, 0.25) is 6.79 Å². The van der Waals surface area contributed by atoms with Gasteiger partial charge in [-0.15, -0.1) is 0 Å². The minimum absolute atomic E-state index is 0.0859. The molecule has 0 saturated carbocycles. The number of hydrogen-bond donors (Lipinski definition) is 2. The van der Waals surface area contributed by atoms with Gasteiger partial charge in [-0.1, -0.05) is 6.07 Å². The lowest BCUT2D eigenvalue weighted by atomic mass is 9.74. The van der Waals surface area contributed by atoms with Gasteiger partial charge < -0.3 is 24.6 Å². The van der Waals surface area contributed by atoms with Gasteiger partial charge in [0.25, 0.3) is 5.91 Å². The lowest BCUT2D eigenvalue weighted by molar-refractivity contribution is 0.0486. The first-order chi connectivity index (χ1) is 14.0. The predicted octanol–water partition coefficient (Wildman–Crippen LogP) is 2.30. The SMILES string of the molecule is Cc1nc(C(=O)NCC2(c3ccc4c(c3)OCO4)CCOCC2)ccc1C(=O)O. The number of carbonyl (C=O) groups excluding carboxylic acids is 1. The normalized spacial score (nSPS) is 17.0. The average molecular weight is 398 g/mol. The number of nitrogens with zero attached hydrogens (tertiary/aromatic N) is 1. The van der Waals surface area contributed by atoms with E-state index in [-0.39, 0.29) is 29.4 Å². The monoisotopic (exact) mass is 398 g/mol. The Morgan fingerprint density at radius 3 is 2.62 bits per heavy atom. The summed E-state index contributed by atoms with van der Waals surface area (Å²) in [6, 6.07) is 8.72. The molecule has 0 atom stereocenters. The van der Waals surface area contributed by atoms with Gasteiger partial charge in [-0.3, -0.25) is 4.79 Å². The van der Waals surface area contributed by atoms with Gasteiger partial charge in [-0.05, 0) is 49.6 Å². The molecule has 3 heterocycles. The number of carboxylic acids is 1. The Labute approximate surface area is 167 Å². The van der Waals surface area contributed by atoms with E-state index in [1.165, 1.54) is 12.1 Å². The summed E-state index contributed by atoms with van der Waals surface area (Å²) in [5, 5.41) is 12.1. The Kier molecular flexibility index (Phi) is 5.10. The smallest absolute Gasteiger partial charge is 0.337 e. The van der Waals surface area contributed by atoms with Crippen molar-refractivity contribution in [3.8, 4) is 11.5 Å². The third kappa shape index (κ3) is 3.75. The fourth-order valence-corrected chi connectivity index (χ4v) is 3.81. The van der Waals surface area contributed by atoms with Crippen molar-refractivity contribution in [1.29, 1.82) is 0 Å². The number of benzene rings is 1. The van der Waals surface area contributed by atoms with Crippen LogP contribution in [0.4, 0.5) is 0 Å². The van der Waals surface area contributed by atoms with Crippen LogP contribution in [-0.4, -0.2) is 48.5 Å². The highest BCUT2D eigenvalue weighted by Crippen LogP contribution is 2.40. The van der Waals surface area contributed by atoms with E-state index in [0.29, 0.717) is 31.2 Å². The number of pyridine rings is 1. The second-order valence-electron chi connectivity index (χ2n) is 7.28. The summed E-state index contributed by atoms with van der Waals surface area (Å²) in [5.41, 5.74) is 1.37. The van der Waals surface area contributed by atoms with Gasteiger partial charge >= 0.3 is 5.97 Å². The van der Waals surface area contributed by atoms with Crippen LogP contribution < -0.4 is 14.8 Å². The molecule has 29 heavy (non-hydrogen) atoms. The van der Waals surface area contributed by atoms with E-state index < -0.39 is 5.97 Å². The van der Waals surface area contributed by atoms with Gasteiger partial charge in [0.15, 0.2) is 11.5 Å². The van der Waals surface area contributed by atoms with Crippen molar-refractivity contribution in [2.75, 3.05) is 26.6 Å². The standard InChI is InChI=1S/C21H22N2O6/c1-13-15(20(25)26)3-4-16(23-13)19(24)22-11-21(6-8-27-9-7-21)14-2-5-17-18(10-14)29-12-28-17/h2-5,10H,6-9,11-12H2,1H3,(H,22,24)(H,25,26). The van der Waals surface area contributed by atoms with Crippen LogP contribution in [0.1, 0.15) is 44.9 Å². The number of hydrogen-bond acceptors (Lipinski definition) is 6. The van der Waals surface area contributed by atoms with Crippen molar-refractivity contribution < 1.29 is 28.9 Å². The van der Waals surface area contributed by atoms with Crippen LogP contribution in [0.15, 0.2) is 30.3 Å². The van der Waals surface area contributed by atoms with Gasteiger partial charge in [0.05, 0.1) is 11.3 Å². The lowest BCUT2D eigenvalue weighted by Gasteiger charge is -2.38. The van der Waals surface area contributed by atoms with Crippen molar-refractivity contribution in [3.05, 3.63) is 52.8 Å². The Hall–Kier alpha value is -3.13. The molecule has 0 spiro atoms. The Bertz CT molecular complexity index is 952. The van der Waals surface area contributed by atoms with E-state index in [1.54, 1.807) is 6.92 Å². The van der Waals surface area contributed by atoms with Crippen molar-refractivity contribution >= 4 is 11.9 Å². The van der Waals surface area contributed by atoms with Gasteiger partial charge in [0, 0.05) is 25.2 Å². The molecular formula is C21H22N2O6. The summed E-state index contributed by atoms with van der Waals surface area (Å²) in [6.07, 6.45) is 1.52. The molecule has 1 fully saturated rings. The van der Waals surface area contributed by atoms with Crippen LogP contribution in [0.2, 0.25) is 0 Å². The van der Waals surface area contributed by atoms with E-state index in [2.05, 4.69) is 10.3 Å². The van der Waals surface area contributed by atoms with E-state index in [1.807, 2.05) is 18.2 Å². The highest BCUT2D eigenvalue weighted by atomic mass is 16.7. The van der Waals surface area contributed by atoms with Crippen molar-refractivity contribution in [2.45, 2.75) is 25.2 Å². The van der Waals surface area contributed by atoms with Crippen molar-refractivity contribution in [2.24, 2.45) is 0 Å². The first kappa shape index (κ1) is 19.2. The fraction of sp³-hybridized carbons (Fsp3) is 0.381. The quantitative estimate of drug-likeness (QED) is 0.796. The van der Waals surface area contributed by atoms with Crippen LogP contribution in [-0.2, 0) is 10.2 Å². The van der Waals surface area contributed by atoms with E-state index in [0.717, 1.165) is 24.2 Å². The maximum absolute atomic E-state index is 12.7. The molecule has 0 radical (unpaired) electrons. The molecule has 1 saturated heterocycles. The number of carbonyl (C=O) groups is 2. The van der Waals surface area contributed by atoms with Crippen LogP contribution >= 0.6 is 0 Å². The van der Waals surface area contributed by atoms with Crippen molar-refractivity contribution in [1.82, 2.24) is 10.3 Å².